The number of alkyl halides is 6. The molecule has 0 spiro atoms. The van der Waals surface area contributed by atoms with Crippen molar-refractivity contribution in [1.82, 2.24) is 5.32 Å². The molecule has 0 aromatic heterocycles. The molecule has 0 aromatic carbocycles. The number of hydrogen-bond acceptors (Lipinski definition) is 9. The summed E-state index contributed by atoms with van der Waals surface area (Å²) in [6.07, 6.45) is -0.451. The van der Waals surface area contributed by atoms with Gasteiger partial charge in [0.15, 0.2) is 12.4 Å². The van der Waals surface area contributed by atoms with Crippen LogP contribution in [0.3, 0.4) is 0 Å². The van der Waals surface area contributed by atoms with Gasteiger partial charge in [-0.1, -0.05) is 111 Å². The molecule has 47 heavy (non-hydrogen) atoms. The third kappa shape index (κ3) is 8.87. The Morgan fingerprint density at radius 2 is 1.32 bits per heavy atom. The summed E-state index contributed by atoms with van der Waals surface area (Å²) in [7, 11) is -3.14. The molecule has 4 bridgehead atoms. The molecule has 5 atom stereocenters. The zero-order chi connectivity index (χ0) is 34.7. The minimum absolute atomic E-state index is 0.106. The zero-order valence-electron chi connectivity index (χ0n) is 27.4. The lowest BCUT2D eigenvalue weighted by Crippen LogP contribution is -2.74. The Kier molecular flexibility index (Phi) is 11.5. The molecule has 10 nitrogen and oxygen atoms in total. The third-order valence-electron chi connectivity index (χ3n) is 10.0. The van der Waals surface area contributed by atoms with Crippen molar-refractivity contribution in [1.29, 1.82) is 0 Å². The van der Waals surface area contributed by atoms with E-state index in [4.69, 9.17) is 102 Å². The molecule has 6 aliphatic rings. The molecule has 4 saturated carbocycles. The number of carbonyl (C=O) groups is 2. The highest BCUT2D eigenvalue weighted by atomic mass is 35.6. The van der Waals surface area contributed by atoms with Gasteiger partial charge in [0.05, 0.1) is 12.7 Å². The van der Waals surface area contributed by atoms with E-state index in [-0.39, 0.29) is 12.7 Å². The first-order valence-electron chi connectivity index (χ1n) is 16.1. The number of amides is 1. The summed E-state index contributed by atoms with van der Waals surface area (Å²) in [6.45, 7) is 11.4. The topological polar surface area (TPSA) is 111 Å². The van der Waals surface area contributed by atoms with Gasteiger partial charge in [-0.05, 0) is 55.8 Å². The first-order valence-corrected chi connectivity index (χ1v) is 20.2. The van der Waals surface area contributed by atoms with Crippen LogP contribution in [0.5, 0.6) is 0 Å². The molecule has 0 radical (unpaired) electrons. The van der Waals surface area contributed by atoms with Crippen LogP contribution >= 0.6 is 69.6 Å². The second-order valence-corrected chi connectivity index (χ2v) is 25.5. The average Bonchev–Trinajstić information content (AvgIpc) is 2.91. The van der Waals surface area contributed by atoms with Crippen molar-refractivity contribution < 1.29 is 42.1 Å². The second kappa shape index (κ2) is 14.0. The van der Waals surface area contributed by atoms with Crippen LogP contribution in [0.2, 0.25) is 10.1 Å². The van der Waals surface area contributed by atoms with Crippen LogP contribution in [0.15, 0.2) is 0 Å². The average molecular weight is 804 g/mol. The largest absolute Gasteiger partial charge is 0.508 e. The summed E-state index contributed by atoms with van der Waals surface area (Å²) in [5.74, 6) is 2.13. The van der Waals surface area contributed by atoms with E-state index in [2.05, 4.69) is 46.9 Å². The van der Waals surface area contributed by atoms with Crippen LogP contribution in [-0.2, 0) is 32.5 Å². The number of halogens is 6. The molecular formula is C30H45Cl6NO9Si. The molecule has 6 fully saturated rings. The normalized spacial score (nSPS) is 36.8. The fraction of sp³-hybridized carbons (Fsp3) is 0.933. The second-order valence-electron chi connectivity index (χ2n) is 15.7. The maximum atomic E-state index is 13.2. The molecular weight excluding hydrogens is 759 g/mol. The van der Waals surface area contributed by atoms with E-state index in [1.54, 1.807) is 0 Å². The molecule has 1 amide bonds. The van der Waals surface area contributed by atoms with Gasteiger partial charge in [-0.2, -0.15) is 0 Å². The minimum atomic E-state index is -3.14. The van der Waals surface area contributed by atoms with E-state index in [9.17, 15) is 9.59 Å². The van der Waals surface area contributed by atoms with Gasteiger partial charge < -0.3 is 37.9 Å². The molecule has 2 aliphatic heterocycles. The van der Waals surface area contributed by atoms with Crippen LogP contribution in [-0.4, -0.2) is 85.0 Å². The predicted octanol–water partition coefficient (Wildman–Crippen LogP) is 8.37. The fourth-order valence-electron chi connectivity index (χ4n) is 8.79. The fourth-order valence-corrected chi connectivity index (χ4v) is 14.1. The van der Waals surface area contributed by atoms with Crippen LogP contribution in [0, 0.1) is 23.7 Å². The first kappa shape index (κ1) is 38.6. The molecule has 0 unspecified atom stereocenters. The van der Waals surface area contributed by atoms with Crippen LogP contribution in [0.25, 0.3) is 0 Å². The van der Waals surface area contributed by atoms with Gasteiger partial charge in [0, 0.05) is 10.1 Å². The minimum Gasteiger partial charge on any atom is -0.445 e. The number of hydrogen-bond donors (Lipinski definition) is 1. The summed E-state index contributed by atoms with van der Waals surface area (Å²) in [6, 6.07) is -1.12. The SMILES string of the molecule is CC(C)(C)[Si]1(C(C)(C)C)OC[C@H]2O[C@H](OC3C4CC5CC(C4)CC3C5)[C@H](NC(=O)OCC(Cl)(Cl)Cl)[C@@H](OC(=O)OCC(Cl)(Cl)Cl)[C@H]2O1. The first-order chi connectivity index (χ1) is 21.6. The quantitative estimate of drug-likeness (QED) is 0.161. The van der Waals surface area contributed by atoms with Crippen molar-refractivity contribution >= 4 is 90.4 Å². The molecule has 1 N–H and O–H groups in total. The van der Waals surface area contributed by atoms with Gasteiger partial charge in [-0.3, -0.25) is 0 Å². The van der Waals surface area contributed by atoms with Gasteiger partial charge in [-0.25, -0.2) is 9.59 Å². The van der Waals surface area contributed by atoms with Gasteiger partial charge in [0.25, 0.3) is 0 Å². The molecule has 0 aromatic rings. The van der Waals surface area contributed by atoms with Crippen molar-refractivity contribution in [2.75, 3.05) is 19.8 Å². The summed E-state index contributed by atoms with van der Waals surface area (Å²) < 4.78 is 39.8. The Bertz CT molecular complexity index is 1110. The Labute approximate surface area is 307 Å². The van der Waals surface area contributed by atoms with Crippen LogP contribution in [0.1, 0.15) is 73.6 Å². The van der Waals surface area contributed by atoms with Crippen molar-refractivity contribution in [2.24, 2.45) is 23.7 Å². The smallest absolute Gasteiger partial charge is 0.445 e. The van der Waals surface area contributed by atoms with Gasteiger partial charge in [0.1, 0.15) is 31.5 Å². The lowest BCUT2D eigenvalue weighted by Gasteiger charge is -2.59. The Balaban J connectivity index is 1.49. The lowest BCUT2D eigenvalue weighted by molar-refractivity contribution is -0.308. The highest BCUT2D eigenvalue weighted by molar-refractivity contribution is 6.73. The van der Waals surface area contributed by atoms with E-state index >= 15 is 0 Å². The van der Waals surface area contributed by atoms with E-state index in [1.165, 1.54) is 6.42 Å². The van der Waals surface area contributed by atoms with Crippen molar-refractivity contribution in [3.8, 4) is 0 Å². The number of alkyl carbamates (subject to hydrolysis) is 1. The number of rotatable bonds is 6. The Morgan fingerprint density at radius 3 is 1.83 bits per heavy atom. The highest BCUT2D eigenvalue weighted by Gasteiger charge is 2.66. The van der Waals surface area contributed by atoms with Gasteiger partial charge in [-0.15, -0.1) is 0 Å². The van der Waals surface area contributed by atoms with E-state index in [0.29, 0.717) is 23.7 Å². The third-order valence-corrected chi connectivity index (χ3v) is 15.8. The van der Waals surface area contributed by atoms with E-state index in [0.717, 1.165) is 25.7 Å². The van der Waals surface area contributed by atoms with Crippen molar-refractivity contribution in [3.63, 3.8) is 0 Å². The molecule has 270 valence electrons. The van der Waals surface area contributed by atoms with Crippen LogP contribution < -0.4 is 5.32 Å². The lowest BCUT2D eigenvalue weighted by atomic mass is 9.55. The molecule has 17 heteroatoms. The summed E-state index contributed by atoms with van der Waals surface area (Å²) in [4.78, 5) is 26.4. The van der Waals surface area contributed by atoms with Crippen molar-refractivity contribution in [2.45, 2.75) is 128 Å². The van der Waals surface area contributed by atoms with Gasteiger partial charge >= 0.3 is 20.8 Å². The highest BCUT2D eigenvalue weighted by Crippen LogP contribution is 2.57. The summed E-state index contributed by atoms with van der Waals surface area (Å²) in [5.41, 5.74) is 0. The zero-order valence-corrected chi connectivity index (χ0v) is 32.9. The maximum Gasteiger partial charge on any atom is 0.508 e. The van der Waals surface area contributed by atoms with Crippen LogP contribution in [0.4, 0.5) is 9.59 Å². The summed E-state index contributed by atoms with van der Waals surface area (Å²) >= 11 is 35.1. The van der Waals surface area contributed by atoms with E-state index in [1.807, 2.05) is 0 Å². The maximum absolute atomic E-state index is 13.2. The summed E-state index contributed by atoms with van der Waals surface area (Å²) in [5, 5.41) is 1.94. The molecule has 2 saturated heterocycles. The standard InChI is InChI=1S/C30H45Cl6NO9Si/c1-27(2,3)47(28(4,5)6)42-12-19-22(46-47)23(45-26(39)41-14-30(34,35)36)20(37-25(38)40-13-29(31,32)33)24(43-19)44-21-17-8-15-7-16(10-17)11-18(21)9-15/h15-24H,7-14H2,1-6H3,(H,37,38)/t15?,16?,17?,18?,19-,20-,21?,22+,23-,24-/m1/s1. The number of carbonyl (C=O) groups excluding carboxylic acids is 2. The number of fused-ring (bicyclic) bond motifs is 1. The Morgan fingerprint density at radius 1 is 0.787 bits per heavy atom. The number of nitrogens with one attached hydrogen (secondary N) is 1. The predicted molar refractivity (Wildman–Crippen MR) is 182 cm³/mol. The van der Waals surface area contributed by atoms with E-state index < -0.39 is 82.3 Å². The van der Waals surface area contributed by atoms with Crippen molar-refractivity contribution in [3.05, 3.63) is 0 Å². The molecule has 4 aliphatic carbocycles. The van der Waals surface area contributed by atoms with Gasteiger partial charge in [0.2, 0.25) is 7.59 Å². The molecule has 2 heterocycles. The Hall–Kier alpha value is 0.337. The monoisotopic (exact) mass is 801 g/mol. The number of ether oxygens (including phenoxy) is 5. The molecule has 6 rings (SSSR count).